The minimum atomic E-state index is -0.346. The minimum Gasteiger partial charge on any atom is -0.378 e. The van der Waals surface area contributed by atoms with Crippen LogP contribution >= 0.6 is 0 Å². The molecule has 1 N–H and O–H groups in total. The highest BCUT2D eigenvalue weighted by Crippen LogP contribution is 2.35. The van der Waals surface area contributed by atoms with Crippen LogP contribution in [-0.4, -0.2) is 48.1 Å². The monoisotopic (exact) mass is 280 g/mol. The van der Waals surface area contributed by atoms with Crippen LogP contribution in [0.15, 0.2) is 0 Å². The molecule has 3 unspecified atom stereocenters. The Labute approximate surface area is 120 Å². The molecular weight excluding hydrogens is 256 g/mol. The lowest BCUT2D eigenvalue weighted by atomic mass is 10.0. The first-order valence-corrected chi connectivity index (χ1v) is 7.89. The zero-order valence-corrected chi connectivity index (χ0v) is 12.1. The van der Waals surface area contributed by atoms with Crippen molar-refractivity contribution in [2.75, 3.05) is 13.2 Å². The van der Waals surface area contributed by atoms with E-state index in [0.29, 0.717) is 12.5 Å². The Kier molecular flexibility index (Phi) is 3.96. The van der Waals surface area contributed by atoms with E-state index in [2.05, 4.69) is 5.32 Å². The predicted octanol–water partition coefficient (Wildman–Crippen LogP) is 1.07. The second-order valence-corrected chi connectivity index (χ2v) is 6.31. The van der Waals surface area contributed by atoms with Gasteiger partial charge >= 0.3 is 0 Å². The molecule has 1 saturated carbocycles. The number of amides is 2. The van der Waals surface area contributed by atoms with E-state index >= 15 is 0 Å². The molecule has 20 heavy (non-hydrogen) atoms. The van der Waals surface area contributed by atoms with Gasteiger partial charge in [0.15, 0.2) is 0 Å². The molecule has 112 valence electrons. The highest BCUT2D eigenvalue weighted by Gasteiger charge is 2.45. The van der Waals surface area contributed by atoms with E-state index in [0.717, 1.165) is 38.7 Å². The quantitative estimate of drug-likeness (QED) is 0.838. The molecule has 2 heterocycles. The fourth-order valence-electron chi connectivity index (χ4n) is 3.22. The molecule has 0 radical (unpaired) electrons. The zero-order valence-electron chi connectivity index (χ0n) is 12.1. The van der Waals surface area contributed by atoms with E-state index in [1.807, 2.05) is 6.92 Å². The molecule has 0 aromatic heterocycles. The lowest BCUT2D eigenvalue weighted by Gasteiger charge is -2.38. The lowest BCUT2D eigenvalue weighted by Crippen LogP contribution is -2.63. The average Bonchev–Trinajstić information content (AvgIpc) is 3.28. The minimum absolute atomic E-state index is 0.00828. The summed E-state index contributed by atoms with van der Waals surface area (Å²) in [6, 6.07) is -0.618. The second kappa shape index (κ2) is 5.72. The van der Waals surface area contributed by atoms with Crippen LogP contribution in [0.25, 0.3) is 0 Å². The van der Waals surface area contributed by atoms with Gasteiger partial charge in [-0.15, -0.1) is 0 Å². The van der Waals surface area contributed by atoms with Gasteiger partial charge in [0, 0.05) is 13.2 Å². The van der Waals surface area contributed by atoms with Gasteiger partial charge in [0.1, 0.15) is 12.1 Å². The Morgan fingerprint density at radius 2 is 2.05 bits per heavy atom. The van der Waals surface area contributed by atoms with Crippen LogP contribution in [0.4, 0.5) is 0 Å². The number of ether oxygens (including phenoxy) is 1. The van der Waals surface area contributed by atoms with Gasteiger partial charge < -0.3 is 15.0 Å². The zero-order chi connectivity index (χ0) is 14.1. The molecule has 0 spiro atoms. The Bertz CT molecular complexity index is 389. The number of piperazine rings is 1. The molecule has 1 aliphatic carbocycles. The first kappa shape index (κ1) is 13.9. The van der Waals surface area contributed by atoms with E-state index in [1.165, 1.54) is 6.42 Å². The number of carbonyl (C=O) groups excluding carboxylic acids is 2. The van der Waals surface area contributed by atoms with Crippen LogP contribution in [0.2, 0.25) is 0 Å². The van der Waals surface area contributed by atoms with Crippen molar-refractivity contribution in [3.63, 3.8) is 0 Å². The van der Waals surface area contributed by atoms with Crippen LogP contribution in [0, 0.1) is 5.92 Å². The van der Waals surface area contributed by atoms with Crippen molar-refractivity contribution in [1.82, 2.24) is 10.2 Å². The van der Waals surface area contributed by atoms with E-state index in [-0.39, 0.29) is 30.0 Å². The molecule has 0 aromatic rings. The number of carbonyl (C=O) groups is 2. The molecule has 0 bridgehead atoms. The maximum absolute atomic E-state index is 12.5. The average molecular weight is 280 g/mol. The maximum Gasteiger partial charge on any atom is 0.246 e. The number of nitrogens with zero attached hydrogens (tertiary/aromatic N) is 1. The molecule has 3 fully saturated rings. The number of nitrogens with one attached hydrogen (secondary N) is 1. The SMILES string of the molecule is CC1C(=O)NC(C2CC2)C(=O)N1CCC1CCCCO1. The van der Waals surface area contributed by atoms with Crippen molar-refractivity contribution in [3.05, 3.63) is 0 Å². The third-order valence-corrected chi connectivity index (χ3v) is 4.75. The molecule has 2 amide bonds. The number of hydrogen-bond acceptors (Lipinski definition) is 3. The summed E-state index contributed by atoms with van der Waals surface area (Å²) in [7, 11) is 0. The third-order valence-electron chi connectivity index (χ3n) is 4.75. The van der Waals surface area contributed by atoms with Gasteiger partial charge in [0.2, 0.25) is 11.8 Å². The molecule has 5 heteroatoms. The van der Waals surface area contributed by atoms with E-state index in [4.69, 9.17) is 4.74 Å². The van der Waals surface area contributed by atoms with Gasteiger partial charge in [0.25, 0.3) is 0 Å². The fraction of sp³-hybridized carbons (Fsp3) is 0.867. The highest BCUT2D eigenvalue weighted by molar-refractivity contribution is 5.97. The summed E-state index contributed by atoms with van der Waals surface area (Å²) in [6.07, 6.45) is 6.65. The summed E-state index contributed by atoms with van der Waals surface area (Å²) < 4.78 is 5.71. The van der Waals surface area contributed by atoms with Crippen LogP contribution in [0.3, 0.4) is 0 Å². The Hall–Kier alpha value is -1.10. The van der Waals surface area contributed by atoms with Crippen molar-refractivity contribution < 1.29 is 14.3 Å². The Morgan fingerprint density at radius 1 is 1.25 bits per heavy atom. The first-order chi connectivity index (χ1) is 9.66. The molecule has 5 nitrogen and oxygen atoms in total. The molecule has 3 atom stereocenters. The van der Waals surface area contributed by atoms with E-state index < -0.39 is 0 Å². The van der Waals surface area contributed by atoms with E-state index in [9.17, 15) is 9.59 Å². The van der Waals surface area contributed by atoms with Crippen LogP contribution in [-0.2, 0) is 14.3 Å². The second-order valence-electron chi connectivity index (χ2n) is 6.31. The number of hydrogen-bond donors (Lipinski definition) is 1. The van der Waals surface area contributed by atoms with Gasteiger partial charge in [-0.3, -0.25) is 9.59 Å². The van der Waals surface area contributed by atoms with Crippen molar-refractivity contribution >= 4 is 11.8 Å². The predicted molar refractivity (Wildman–Crippen MR) is 74.0 cm³/mol. The summed E-state index contributed by atoms with van der Waals surface area (Å²) in [5, 5.41) is 2.88. The van der Waals surface area contributed by atoms with Crippen molar-refractivity contribution in [1.29, 1.82) is 0 Å². The number of rotatable bonds is 4. The summed E-state index contributed by atoms with van der Waals surface area (Å²) in [4.78, 5) is 26.3. The maximum atomic E-state index is 12.5. The third kappa shape index (κ3) is 2.82. The first-order valence-electron chi connectivity index (χ1n) is 7.89. The standard InChI is InChI=1S/C15H24N2O3/c1-10-14(18)16-13(11-5-6-11)15(19)17(10)8-7-12-4-2-3-9-20-12/h10-13H,2-9H2,1H3,(H,16,18). The van der Waals surface area contributed by atoms with Crippen molar-refractivity contribution in [3.8, 4) is 0 Å². The summed E-state index contributed by atoms with van der Waals surface area (Å²) in [5.74, 6) is 0.467. The van der Waals surface area contributed by atoms with Gasteiger partial charge in [0.05, 0.1) is 6.10 Å². The summed E-state index contributed by atoms with van der Waals surface area (Å²) in [5.41, 5.74) is 0. The van der Waals surface area contributed by atoms with Crippen LogP contribution in [0.1, 0.15) is 45.4 Å². The largest absolute Gasteiger partial charge is 0.378 e. The highest BCUT2D eigenvalue weighted by atomic mass is 16.5. The van der Waals surface area contributed by atoms with Crippen LogP contribution < -0.4 is 5.32 Å². The summed E-state index contributed by atoms with van der Waals surface area (Å²) in [6.45, 7) is 3.29. The molecule has 3 rings (SSSR count). The van der Waals surface area contributed by atoms with Crippen molar-refractivity contribution in [2.45, 2.75) is 63.6 Å². The molecular formula is C15H24N2O3. The molecule has 3 aliphatic rings. The molecule has 2 saturated heterocycles. The normalized spacial score (nSPS) is 35.0. The van der Waals surface area contributed by atoms with Gasteiger partial charge in [-0.05, 0) is 51.4 Å². The van der Waals surface area contributed by atoms with Gasteiger partial charge in [-0.2, -0.15) is 0 Å². The van der Waals surface area contributed by atoms with Gasteiger partial charge in [-0.1, -0.05) is 0 Å². The smallest absolute Gasteiger partial charge is 0.246 e. The Morgan fingerprint density at radius 3 is 2.70 bits per heavy atom. The van der Waals surface area contributed by atoms with Crippen LogP contribution in [0.5, 0.6) is 0 Å². The Balaban J connectivity index is 1.59. The molecule has 2 aliphatic heterocycles. The fourth-order valence-corrected chi connectivity index (χ4v) is 3.22. The van der Waals surface area contributed by atoms with E-state index in [1.54, 1.807) is 4.90 Å². The molecule has 0 aromatic carbocycles. The lowest BCUT2D eigenvalue weighted by molar-refractivity contribution is -0.149. The van der Waals surface area contributed by atoms with Crippen molar-refractivity contribution in [2.24, 2.45) is 5.92 Å². The summed E-state index contributed by atoms with van der Waals surface area (Å²) >= 11 is 0. The van der Waals surface area contributed by atoms with Gasteiger partial charge in [-0.25, -0.2) is 0 Å². The topological polar surface area (TPSA) is 58.6 Å².